The number of rotatable bonds is 4. The highest BCUT2D eigenvalue weighted by molar-refractivity contribution is 7.80. The monoisotopic (exact) mass is 425 g/mol. The highest BCUT2D eigenvalue weighted by Crippen LogP contribution is 2.15. The number of carbonyl (C=O) groups is 3. The minimum Gasteiger partial charge on any atom is -0.465 e. The second kappa shape index (κ2) is 9.98. The van der Waals surface area contributed by atoms with Crippen molar-refractivity contribution in [3.63, 3.8) is 0 Å². The van der Waals surface area contributed by atoms with Crippen LogP contribution >= 0.6 is 12.2 Å². The van der Waals surface area contributed by atoms with Crippen LogP contribution in [0.25, 0.3) is 0 Å². The van der Waals surface area contributed by atoms with Crippen LogP contribution in [0.4, 0.5) is 5.69 Å². The standard InChI is InChI=1S/C22H23N3O4S/c1-29-21(28)17-7-5-6-16(14-17)19(26)24-22(30)23-18-10-8-15(9-11-18)20(27)25-12-3-2-4-13-25/h5-11,14H,2-4,12-13H2,1H3,(H2,23,24,26,30). The summed E-state index contributed by atoms with van der Waals surface area (Å²) in [6, 6.07) is 13.1. The molecule has 0 atom stereocenters. The van der Waals surface area contributed by atoms with Crippen molar-refractivity contribution in [1.82, 2.24) is 10.2 Å². The number of hydrogen-bond donors (Lipinski definition) is 2. The third kappa shape index (κ3) is 5.42. The van der Waals surface area contributed by atoms with Crippen LogP contribution < -0.4 is 10.6 Å². The molecule has 8 heteroatoms. The van der Waals surface area contributed by atoms with Gasteiger partial charge in [-0.2, -0.15) is 0 Å². The fraction of sp³-hybridized carbons (Fsp3) is 0.273. The van der Waals surface area contributed by atoms with Gasteiger partial charge in [0, 0.05) is 29.9 Å². The van der Waals surface area contributed by atoms with E-state index in [1.54, 1.807) is 42.5 Å². The molecule has 1 saturated heterocycles. The van der Waals surface area contributed by atoms with Crippen LogP contribution in [0.1, 0.15) is 50.3 Å². The fourth-order valence-corrected chi connectivity index (χ4v) is 3.43. The first-order chi connectivity index (χ1) is 14.5. The number of esters is 1. The minimum absolute atomic E-state index is 0.0302. The van der Waals surface area contributed by atoms with Crippen molar-refractivity contribution in [2.45, 2.75) is 19.3 Å². The molecule has 7 nitrogen and oxygen atoms in total. The van der Waals surface area contributed by atoms with Gasteiger partial charge in [-0.1, -0.05) is 6.07 Å². The average molecular weight is 426 g/mol. The molecule has 1 aliphatic heterocycles. The largest absolute Gasteiger partial charge is 0.465 e. The van der Waals surface area contributed by atoms with E-state index in [9.17, 15) is 14.4 Å². The van der Waals surface area contributed by atoms with Crippen molar-refractivity contribution >= 4 is 40.8 Å². The molecule has 0 bridgehead atoms. The van der Waals surface area contributed by atoms with Crippen LogP contribution in [0.2, 0.25) is 0 Å². The molecule has 1 aliphatic rings. The van der Waals surface area contributed by atoms with E-state index in [-0.39, 0.29) is 22.1 Å². The zero-order chi connectivity index (χ0) is 21.5. The number of ether oxygens (including phenoxy) is 1. The Bertz CT molecular complexity index is 953. The fourth-order valence-electron chi connectivity index (χ4n) is 3.22. The van der Waals surface area contributed by atoms with Crippen LogP contribution in [-0.4, -0.2) is 48.0 Å². The van der Waals surface area contributed by atoms with Gasteiger partial charge >= 0.3 is 5.97 Å². The van der Waals surface area contributed by atoms with Gasteiger partial charge in [-0.3, -0.25) is 14.9 Å². The Morgan fingerprint density at radius 3 is 2.27 bits per heavy atom. The lowest BCUT2D eigenvalue weighted by Crippen LogP contribution is -2.35. The third-order valence-corrected chi connectivity index (χ3v) is 5.01. The first kappa shape index (κ1) is 21.4. The van der Waals surface area contributed by atoms with Crippen molar-refractivity contribution in [1.29, 1.82) is 0 Å². The SMILES string of the molecule is COC(=O)c1cccc(C(=O)NC(=S)Nc2ccc(C(=O)N3CCCCC3)cc2)c1. The molecule has 2 aromatic rings. The number of thiocarbonyl (C=S) groups is 1. The number of carbonyl (C=O) groups excluding carboxylic acids is 3. The summed E-state index contributed by atoms with van der Waals surface area (Å²) in [6.45, 7) is 1.60. The summed E-state index contributed by atoms with van der Waals surface area (Å²) < 4.78 is 4.66. The van der Waals surface area contributed by atoms with Crippen LogP contribution in [0.3, 0.4) is 0 Å². The van der Waals surface area contributed by atoms with Crippen molar-refractivity contribution in [3.05, 3.63) is 65.2 Å². The molecule has 0 saturated carbocycles. The molecule has 30 heavy (non-hydrogen) atoms. The normalized spacial score (nSPS) is 13.3. The molecule has 2 aromatic carbocycles. The molecule has 3 rings (SSSR count). The highest BCUT2D eigenvalue weighted by atomic mass is 32.1. The van der Waals surface area contributed by atoms with Crippen LogP contribution in [0.5, 0.6) is 0 Å². The number of nitrogens with zero attached hydrogens (tertiary/aromatic N) is 1. The number of benzene rings is 2. The number of piperidine rings is 1. The summed E-state index contributed by atoms with van der Waals surface area (Å²) in [5.74, 6) is -0.942. The summed E-state index contributed by atoms with van der Waals surface area (Å²) in [7, 11) is 1.28. The van der Waals surface area contributed by atoms with Crippen molar-refractivity contribution in [3.8, 4) is 0 Å². The number of amides is 2. The molecule has 156 valence electrons. The summed E-state index contributed by atoms with van der Waals surface area (Å²) in [5, 5.41) is 5.60. The van der Waals surface area contributed by atoms with Gasteiger partial charge in [-0.15, -0.1) is 0 Å². The summed E-state index contributed by atoms with van der Waals surface area (Å²) in [6.07, 6.45) is 3.26. The molecule has 2 N–H and O–H groups in total. The van der Waals surface area contributed by atoms with Gasteiger partial charge in [-0.05, 0) is 73.9 Å². The van der Waals surface area contributed by atoms with Crippen molar-refractivity contribution in [2.24, 2.45) is 0 Å². The lowest BCUT2D eigenvalue weighted by atomic mass is 10.1. The molecule has 0 aliphatic carbocycles. The van der Waals surface area contributed by atoms with Crippen LogP contribution in [0.15, 0.2) is 48.5 Å². The number of methoxy groups -OCH3 is 1. The highest BCUT2D eigenvalue weighted by Gasteiger charge is 2.18. The Morgan fingerprint density at radius 1 is 0.933 bits per heavy atom. The van der Waals surface area contributed by atoms with Gasteiger partial charge < -0.3 is 15.0 Å². The van der Waals surface area contributed by atoms with Gasteiger partial charge in [-0.25, -0.2) is 4.79 Å². The summed E-state index contributed by atoms with van der Waals surface area (Å²) in [5.41, 5.74) is 1.83. The topological polar surface area (TPSA) is 87.7 Å². The smallest absolute Gasteiger partial charge is 0.337 e. The summed E-state index contributed by atoms with van der Waals surface area (Å²) in [4.78, 5) is 38.4. The molecule has 1 heterocycles. The van der Waals surface area contributed by atoms with E-state index >= 15 is 0 Å². The number of likely N-dealkylation sites (tertiary alicyclic amines) is 1. The minimum atomic E-state index is -0.524. The number of nitrogens with one attached hydrogen (secondary N) is 2. The number of anilines is 1. The quantitative estimate of drug-likeness (QED) is 0.578. The Morgan fingerprint density at radius 2 is 1.60 bits per heavy atom. The van der Waals surface area contributed by atoms with E-state index in [1.165, 1.54) is 19.6 Å². The molecular formula is C22H23N3O4S. The predicted octanol–water partition coefficient (Wildman–Crippen LogP) is 3.23. The van der Waals surface area contributed by atoms with Crippen LogP contribution in [-0.2, 0) is 4.74 Å². The third-order valence-electron chi connectivity index (χ3n) is 4.81. The molecule has 0 spiro atoms. The first-order valence-electron chi connectivity index (χ1n) is 9.68. The molecule has 1 fully saturated rings. The maximum atomic E-state index is 12.5. The van der Waals surface area contributed by atoms with Gasteiger partial charge in [0.05, 0.1) is 12.7 Å². The Hall–Kier alpha value is -3.26. The van der Waals surface area contributed by atoms with E-state index in [1.807, 2.05) is 4.90 Å². The van der Waals surface area contributed by atoms with E-state index in [0.29, 0.717) is 11.3 Å². The summed E-state index contributed by atoms with van der Waals surface area (Å²) >= 11 is 5.20. The maximum absolute atomic E-state index is 12.5. The van der Waals surface area contributed by atoms with Gasteiger partial charge in [0.15, 0.2) is 5.11 Å². The molecular weight excluding hydrogens is 402 g/mol. The van der Waals surface area contributed by atoms with E-state index in [0.717, 1.165) is 25.9 Å². The van der Waals surface area contributed by atoms with Gasteiger partial charge in [0.2, 0.25) is 0 Å². The zero-order valence-corrected chi connectivity index (χ0v) is 17.5. The van der Waals surface area contributed by atoms with Gasteiger partial charge in [0.1, 0.15) is 0 Å². The molecule has 2 amide bonds. The predicted molar refractivity (Wildman–Crippen MR) is 118 cm³/mol. The molecule has 0 unspecified atom stereocenters. The van der Waals surface area contributed by atoms with Crippen molar-refractivity contribution < 1.29 is 19.1 Å². The zero-order valence-electron chi connectivity index (χ0n) is 16.6. The lowest BCUT2D eigenvalue weighted by molar-refractivity contribution is 0.0600. The van der Waals surface area contributed by atoms with Crippen molar-refractivity contribution in [2.75, 3.05) is 25.5 Å². The number of hydrogen-bond acceptors (Lipinski definition) is 5. The van der Waals surface area contributed by atoms with E-state index in [2.05, 4.69) is 15.4 Å². The maximum Gasteiger partial charge on any atom is 0.337 e. The lowest BCUT2D eigenvalue weighted by Gasteiger charge is -2.26. The molecule has 0 aromatic heterocycles. The second-order valence-corrected chi connectivity index (χ2v) is 7.32. The van der Waals surface area contributed by atoms with Crippen LogP contribution in [0, 0.1) is 0 Å². The van der Waals surface area contributed by atoms with Gasteiger partial charge in [0.25, 0.3) is 11.8 Å². The first-order valence-corrected chi connectivity index (χ1v) is 10.1. The average Bonchev–Trinajstić information content (AvgIpc) is 2.79. The van der Waals surface area contributed by atoms with E-state index < -0.39 is 11.9 Å². The Kier molecular flexibility index (Phi) is 7.13. The Balaban J connectivity index is 1.57. The van der Waals surface area contributed by atoms with E-state index in [4.69, 9.17) is 12.2 Å². The Labute approximate surface area is 180 Å². The molecule has 0 radical (unpaired) electrons. The second-order valence-electron chi connectivity index (χ2n) is 6.91.